The maximum atomic E-state index is 13.5. The van der Waals surface area contributed by atoms with E-state index in [4.69, 9.17) is 9.72 Å². The number of benzene rings is 1. The van der Waals surface area contributed by atoms with Gasteiger partial charge in [-0.25, -0.2) is 18.4 Å². The summed E-state index contributed by atoms with van der Waals surface area (Å²) in [6.45, 7) is 4.32. The second-order valence-electron chi connectivity index (χ2n) is 7.28. The Kier molecular flexibility index (Phi) is 5.77. The third kappa shape index (κ3) is 4.05. The van der Waals surface area contributed by atoms with Gasteiger partial charge in [-0.05, 0) is 56.5 Å². The molecule has 0 radical (unpaired) electrons. The average molecular weight is 445 g/mol. The lowest BCUT2D eigenvalue weighted by Crippen LogP contribution is -2.31. The van der Waals surface area contributed by atoms with E-state index in [-0.39, 0.29) is 10.9 Å². The number of anilines is 2. The van der Waals surface area contributed by atoms with E-state index < -0.39 is 10.0 Å². The van der Waals surface area contributed by atoms with E-state index in [1.54, 1.807) is 34.0 Å². The Morgan fingerprint density at radius 1 is 1.23 bits per heavy atom. The number of rotatable bonds is 6. The molecule has 4 rings (SSSR count). The van der Waals surface area contributed by atoms with Crippen LogP contribution >= 0.6 is 11.3 Å². The van der Waals surface area contributed by atoms with Gasteiger partial charge in [-0.2, -0.15) is 4.31 Å². The summed E-state index contributed by atoms with van der Waals surface area (Å²) in [5.74, 6) is 1.01. The highest BCUT2D eigenvalue weighted by Crippen LogP contribution is 2.38. The van der Waals surface area contributed by atoms with Gasteiger partial charge in [-0.1, -0.05) is 12.1 Å². The van der Waals surface area contributed by atoms with Crippen LogP contribution in [0.15, 0.2) is 47.5 Å². The summed E-state index contributed by atoms with van der Waals surface area (Å²) in [5.41, 5.74) is 1.59. The standard InChI is InChI=1S/C21H24N4O3S2/c1-14-9-10-18(28-3)19(12-14)30(26,27)25-11-5-7-17(25)16-6-4-8-20(23-16)24-21-22-13-15(2)29-21/h4,6,8-10,12-13,17H,5,7,11H2,1-3H3,(H,22,23,24). The average Bonchev–Trinajstić information content (AvgIpc) is 3.38. The van der Waals surface area contributed by atoms with Gasteiger partial charge >= 0.3 is 0 Å². The topological polar surface area (TPSA) is 84.4 Å². The quantitative estimate of drug-likeness (QED) is 0.605. The number of ether oxygens (including phenoxy) is 1. The minimum absolute atomic E-state index is 0.199. The van der Waals surface area contributed by atoms with Crippen molar-refractivity contribution < 1.29 is 13.2 Å². The van der Waals surface area contributed by atoms with Crippen molar-refractivity contribution in [3.8, 4) is 5.75 Å². The summed E-state index contributed by atoms with van der Waals surface area (Å²) < 4.78 is 33.9. The zero-order valence-electron chi connectivity index (χ0n) is 17.1. The van der Waals surface area contributed by atoms with Crippen LogP contribution in [-0.4, -0.2) is 36.3 Å². The van der Waals surface area contributed by atoms with Crippen molar-refractivity contribution in [2.75, 3.05) is 19.0 Å². The summed E-state index contributed by atoms with van der Waals surface area (Å²) in [6, 6.07) is 10.5. The Hall–Kier alpha value is -2.49. The lowest BCUT2D eigenvalue weighted by Gasteiger charge is -2.25. The Bertz CT molecular complexity index is 1160. The predicted molar refractivity (Wildman–Crippen MR) is 118 cm³/mol. The molecule has 1 fully saturated rings. The van der Waals surface area contributed by atoms with Crippen LogP contribution in [0.2, 0.25) is 0 Å². The molecule has 0 saturated carbocycles. The molecule has 1 aliphatic rings. The molecule has 1 unspecified atom stereocenters. The van der Waals surface area contributed by atoms with Gasteiger partial charge in [0.1, 0.15) is 16.5 Å². The van der Waals surface area contributed by atoms with Crippen LogP contribution in [0.1, 0.15) is 35.0 Å². The van der Waals surface area contributed by atoms with Gasteiger partial charge in [0.25, 0.3) is 0 Å². The number of nitrogens with zero attached hydrogens (tertiary/aromatic N) is 3. The minimum Gasteiger partial charge on any atom is -0.495 e. The first-order chi connectivity index (χ1) is 14.4. The van der Waals surface area contributed by atoms with E-state index in [2.05, 4.69) is 10.3 Å². The summed E-state index contributed by atoms with van der Waals surface area (Å²) in [7, 11) is -2.24. The van der Waals surface area contributed by atoms with E-state index in [0.717, 1.165) is 34.1 Å². The van der Waals surface area contributed by atoms with Crippen LogP contribution in [0.4, 0.5) is 10.9 Å². The second-order valence-corrected chi connectivity index (χ2v) is 10.4. The van der Waals surface area contributed by atoms with Gasteiger partial charge in [0.15, 0.2) is 5.13 Å². The van der Waals surface area contributed by atoms with Crippen molar-refractivity contribution in [1.29, 1.82) is 0 Å². The molecule has 158 valence electrons. The monoisotopic (exact) mass is 444 g/mol. The van der Waals surface area contributed by atoms with E-state index >= 15 is 0 Å². The van der Waals surface area contributed by atoms with Crippen LogP contribution in [0.25, 0.3) is 0 Å². The molecule has 1 N–H and O–H groups in total. The molecule has 0 aliphatic carbocycles. The number of nitrogens with one attached hydrogen (secondary N) is 1. The molecule has 0 spiro atoms. The first-order valence-electron chi connectivity index (χ1n) is 9.71. The Labute approximate surface area is 180 Å². The summed E-state index contributed by atoms with van der Waals surface area (Å²) >= 11 is 1.55. The van der Waals surface area contributed by atoms with Gasteiger partial charge in [-0.15, -0.1) is 11.3 Å². The largest absolute Gasteiger partial charge is 0.495 e. The first kappa shape index (κ1) is 20.8. The summed E-state index contributed by atoms with van der Waals surface area (Å²) in [5, 5.41) is 3.97. The number of aryl methyl sites for hydroxylation is 2. The smallest absolute Gasteiger partial charge is 0.247 e. The van der Waals surface area contributed by atoms with Crippen molar-refractivity contribution >= 4 is 32.3 Å². The van der Waals surface area contributed by atoms with Crippen LogP contribution in [0.5, 0.6) is 5.75 Å². The number of pyridine rings is 1. The number of hydrogen-bond acceptors (Lipinski definition) is 7. The normalized spacial score (nSPS) is 17.2. The molecule has 3 aromatic rings. The molecule has 1 aliphatic heterocycles. The highest BCUT2D eigenvalue weighted by molar-refractivity contribution is 7.89. The maximum Gasteiger partial charge on any atom is 0.247 e. The second kappa shape index (κ2) is 8.33. The molecule has 30 heavy (non-hydrogen) atoms. The molecule has 7 nitrogen and oxygen atoms in total. The van der Waals surface area contributed by atoms with Crippen LogP contribution in [-0.2, 0) is 10.0 Å². The lowest BCUT2D eigenvalue weighted by atomic mass is 10.1. The van der Waals surface area contributed by atoms with Crippen molar-refractivity contribution in [2.45, 2.75) is 37.6 Å². The van der Waals surface area contributed by atoms with Crippen molar-refractivity contribution in [2.24, 2.45) is 0 Å². The number of hydrogen-bond donors (Lipinski definition) is 1. The van der Waals surface area contributed by atoms with E-state index in [1.165, 1.54) is 7.11 Å². The van der Waals surface area contributed by atoms with Crippen LogP contribution in [0, 0.1) is 13.8 Å². The van der Waals surface area contributed by atoms with Crippen molar-refractivity contribution in [3.63, 3.8) is 0 Å². The SMILES string of the molecule is COc1ccc(C)cc1S(=O)(=O)N1CCCC1c1cccc(Nc2ncc(C)s2)n1. The first-order valence-corrected chi connectivity index (χ1v) is 12.0. The fourth-order valence-corrected chi connectivity index (χ4v) is 6.25. The minimum atomic E-state index is -3.73. The van der Waals surface area contributed by atoms with E-state index in [0.29, 0.717) is 18.1 Å². The molecular formula is C21H24N4O3S2. The van der Waals surface area contributed by atoms with Crippen LogP contribution in [0.3, 0.4) is 0 Å². The Balaban J connectivity index is 1.65. The van der Waals surface area contributed by atoms with Gasteiger partial charge in [0, 0.05) is 17.6 Å². The van der Waals surface area contributed by atoms with Crippen molar-refractivity contribution in [1.82, 2.24) is 14.3 Å². The molecular weight excluding hydrogens is 420 g/mol. The lowest BCUT2D eigenvalue weighted by molar-refractivity contribution is 0.377. The molecule has 1 aromatic carbocycles. The number of sulfonamides is 1. The molecule has 3 heterocycles. The number of methoxy groups -OCH3 is 1. The summed E-state index contributed by atoms with van der Waals surface area (Å²) in [6.07, 6.45) is 3.31. The molecule has 0 amide bonds. The highest BCUT2D eigenvalue weighted by Gasteiger charge is 2.38. The number of thiazole rings is 1. The van der Waals surface area contributed by atoms with Gasteiger partial charge < -0.3 is 10.1 Å². The fourth-order valence-electron chi connectivity index (χ4n) is 3.66. The Morgan fingerprint density at radius 3 is 2.80 bits per heavy atom. The molecule has 9 heteroatoms. The van der Waals surface area contributed by atoms with Crippen molar-refractivity contribution in [3.05, 3.63) is 58.7 Å². The van der Waals surface area contributed by atoms with E-state index in [1.807, 2.05) is 38.1 Å². The molecule has 1 saturated heterocycles. The van der Waals surface area contributed by atoms with E-state index in [9.17, 15) is 8.42 Å². The third-order valence-corrected chi connectivity index (χ3v) is 7.84. The maximum absolute atomic E-state index is 13.5. The number of aromatic nitrogens is 2. The predicted octanol–water partition coefficient (Wildman–Crippen LogP) is 4.43. The molecule has 0 bridgehead atoms. The third-order valence-electron chi connectivity index (χ3n) is 5.08. The summed E-state index contributed by atoms with van der Waals surface area (Å²) in [4.78, 5) is 10.3. The highest BCUT2D eigenvalue weighted by atomic mass is 32.2. The molecule has 2 aromatic heterocycles. The van der Waals surface area contributed by atoms with Crippen LogP contribution < -0.4 is 10.1 Å². The molecule has 1 atom stereocenters. The Morgan fingerprint density at radius 2 is 2.07 bits per heavy atom. The van der Waals surface area contributed by atoms with Gasteiger partial charge in [0.2, 0.25) is 10.0 Å². The zero-order chi connectivity index (χ0) is 21.3. The fraction of sp³-hybridized carbons (Fsp3) is 0.333. The van der Waals surface area contributed by atoms with Gasteiger partial charge in [-0.3, -0.25) is 0 Å². The zero-order valence-corrected chi connectivity index (χ0v) is 18.8. The van der Waals surface area contributed by atoms with Gasteiger partial charge in [0.05, 0.1) is 18.8 Å².